The third-order valence-electron chi connectivity index (χ3n) is 2.57. The first-order chi connectivity index (χ1) is 8.99. The number of amides is 1. The lowest BCUT2D eigenvalue weighted by molar-refractivity contribution is 0.102. The van der Waals surface area contributed by atoms with Crippen molar-refractivity contribution in [3.8, 4) is 0 Å². The second-order valence-corrected chi connectivity index (χ2v) is 5.68. The van der Waals surface area contributed by atoms with Crippen LogP contribution in [0, 0.1) is 6.92 Å². The van der Waals surface area contributed by atoms with Crippen LogP contribution in [0.25, 0.3) is 0 Å². The summed E-state index contributed by atoms with van der Waals surface area (Å²) in [5.41, 5.74) is 2.05. The van der Waals surface area contributed by atoms with Gasteiger partial charge in [0.25, 0.3) is 5.91 Å². The Labute approximate surface area is 129 Å². The van der Waals surface area contributed by atoms with E-state index in [2.05, 4.69) is 21.2 Å². The molecule has 0 saturated heterocycles. The molecule has 1 N–H and O–H groups in total. The van der Waals surface area contributed by atoms with Crippen LogP contribution in [0.3, 0.4) is 0 Å². The van der Waals surface area contributed by atoms with Crippen molar-refractivity contribution in [2.24, 2.45) is 0 Å². The van der Waals surface area contributed by atoms with E-state index in [0.29, 0.717) is 21.3 Å². The van der Waals surface area contributed by atoms with Crippen LogP contribution in [0.4, 0.5) is 5.69 Å². The lowest BCUT2D eigenvalue weighted by Crippen LogP contribution is -2.13. The minimum absolute atomic E-state index is 0.236. The van der Waals surface area contributed by atoms with E-state index in [1.165, 1.54) is 0 Å². The highest BCUT2D eigenvalue weighted by Crippen LogP contribution is 2.30. The molecule has 0 aliphatic rings. The normalized spacial score (nSPS) is 10.3. The van der Waals surface area contributed by atoms with Crippen LogP contribution < -0.4 is 5.32 Å². The molecule has 2 rings (SSSR count). The van der Waals surface area contributed by atoms with Crippen molar-refractivity contribution in [1.29, 1.82) is 0 Å². The molecule has 19 heavy (non-hydrogen) atoms. The topological polar surface area (TPSA) is 29.1 Å². The van der Waals surface area contributed by atoms with Gasteiger partial charge < -0.3 is 5.32 Å². The van der Waals surface area contributed by atoms with E-state index >= 15 is 0 Å². The van der Waals surface area contributed by atoms with Crippen molar-refractivity contribution >= 4 is 50.7 Å². The van der Waals surface area contributed by atoms with Gasteiger partial charge in [-0.05, 0) is 47.1 Å². The average Bonchev–Trinajstić information content (AvgIpc) is 2.38. The van der Waals surface area contributed by atoms with E-state index in [1.54, 1.807) is 24.3 Å². The first-order valence-corrected chi connectivity index (χ1v) is 7.05. The highest BCUT2D eigenvalue weighted by atomic mass is 79.9. The summed E-state index contributed by atoms with van der Waals surface area (Å²) < 4.78 is 0.730. The Morgan fingerprint density at radius 3 is 2.68 bits per heavy atom. The van der Waals surface area contributed by atoms with E-state index in [4.69, 9.17) is 23.2 Å². The van der Waals surface area contributed by atoms with Gasteiger partial charge >= 0.3 is 0 Å². The monoisotopic (exact) mass is 357 g/mol. The molecule has 98 valence electrons. The second kappa shape index (κ2) is 5.95. The first-order valence-electron chi connectivity index (χ1n) is 5.50. The van der Waals surface area contributed by atoms with E-state index in [1.807, 2.05) is 19.1 Å². The molecule has 0 heterocycles. The maximum atomic E-state index is 12.2. The van der Waals surface area contributed by atoms with Gasteiger partial charge in [0.1, 0.15) is 0 Å². The Bertz CT molecular complexity index is 643. The number of halogens is 3. The third kappa shape index (κ3) is 3.30. The number of benzene rings is 2. The molecule has 0 aromatic heterocycles. The molecule has 0 aliphatic heterocycles. The van der Waals surface area contributed by atoms with Crippen LogP contribution in [0.15, 0.2) is 40.9 Å². The number of carbonyl (C=O) groups excluding carboxylic acids is 1. The van der Waals surface area contributed by atoms with Gasteiger partial charge in [0.05, 0.1) is 21.3 Å². The first kappa shape index (κ1) is 14.4. The van der Waals surface area contributed by atoms with E-state index in [9.17, 15) is 4.79 Å². The van der Waals surface area contributed by atoms with E-state index in [-0.39, 0.29) is 5.91 Å². The van der Waals surface area contributed by atoms with Crippen molar-refractivity contribution in [2.75, 3.05) is 5.32 Å². The smallest absolute Gasteiger partial charge is 0.256 e. The van der Waals surface area contributed by atoms with Crippen LogP contribution in [0.5, 0.6) is 0 Å². The summed E-state index contributed by atoms with van der Waals surface area (Å²) in [6, 6.07) is 10.7. The van der Waals surface area contributed by atoms with Crippen molar-refractivity contribution in [3.63, 3.8) is 0 Å². The van der Waals surface area contributed by atoms with Gasteiger partial charge in [0.2, 0.25) is 0 Å². The molecule has 2 aromatic carbocycles. The maximum absolute atomic E-state index is 12.2. The number of aryl methyl sites for hydroxylation is 1. The highest BCUT2D eigenvalue weighted by Gasteiger charge is 2.13. The molecular weight excluding hydrogens is 349 g/mol. The zero-order valence-corrected chi connectivity index (χ0v) is 13.1. The van der Waals surface area contributed by atoms with Crippen molar-refractivity contribution in [1.82, 2.24) is 0 Å². The predicted octanol–water partition coefficient (Wildman–Crippen LogP) is 5.32. The van der Waals surface area contributed by atoms with Gasteiger partial charge in [-0.15, -0.1) is 0 Å². The summed E-state index contributed by atoms with van der Waals surface area (Å²) in [5, 5.41) is 3.49. The fourth-order valence-corrected chi connectivity index (χ4v) is 2.38. The fourth-order valence-electron chi connectivity index (χ4n) is 1.60. The van der Waals surface area contributed by atoms with Gasteiger partial charge in [-0.1, -0.05) is 40.9 Å². The van der Waals surface area contributed by atoms with Crippen LogP contribution in [0.1, 0.15) is 15.9 Å². The second-order valence-electron chi connectivity index (χ2n) is 4.04. The molecule has 1 amide bonds. The van der Waals surface area contributed by atoms with Crippen LogP contribution >= 0.6 is 39.1 Å². The van der Waals surface area contributed by atoms with Gasteiger partial charge in [-0.25, -0.2) is 0 Å². The van der Waals surface area contributed by atoms with E-state index < -0.39 is 0 Å². The number of hydrogen-bond acceptors (Lipinski definition) is 1. The molecule has 0 saturated carbocycles. The number of nitrogens with one attached hydrogen (secondary N) is 1. The lowest BCUT2D eigenvalue weighted by Gasteiger charge is -2.10. The van der Waals surface area contributed by atoms with Crippen molar-refractivity contribution in [2.45, 2.75) is 6.92 Å². The Morgan fingerprint density at radius 2 is 1.95 bits per heavy atom. The molecular formula is C14H10BrCl2NO. The third-order valence-corrected chi connectivity index (χ3v) is 4.08. The SMILES string of the molecule is Cc1ccc(Br)c(C(=O)Nc2cccc(Cl)c2Cl)c1. The summed E-state index contributed by atoms with van der Waals surface area (Å²) in [4.78, 5) is 12.2. The van der Waals surface area contributed by atoms with Gasteiger partial charge in [-0.2, -0.15) is 0 Å². The van der Waals surface area contributed by atoms with Crippen molar-refractivity contribution in [3.05, 3.63) is 62.0 Å². The molecule has 0 radical (unpaired) electrons. The summed E-state index contributed by atoms with van der Waals surface area (Å²) in [6.45, 7) is 1.93. The van der Waals surface area contributed by atoms with Gasteiger partial charge in [0, 0.05) is 4.47 Å². The highest BCUT2D eigenvalue weighted by molar-refractivity contribution is 9.10. The molecule has 2 aromatic rings. The molecule has 0 atom stereocenters. The zero-order chi connectivity index (χ0) is 14.0. The average molecular weight is 359 g/mol. The Balaban J connectivity index is 2.31. The number of hydrogen-bond donors (Lipinski definition) is 1. The number of anilines is 1. The number of rotatable bonds is 2. The fraction of sp³-hybridized carbons (Fsp3) is 0.0714. The quantitative estimate of drug-likeness (QED) is 0.773. The molecule has 0 spiro atoms. The van der Waals surface area contributed by atoms with Gasteiger partial charge in [0.15, 0.2) is 0 Å². The van der Waals surface area contributed by atoms with E-state index in [0.717, 1.165) is 10.0 Å². The van der Waals surface area contributed by atoms with Crippen molar-refractivity contribution < 1.29 is 4.79 Å². The Kier molecular flexibility index (Phi) is 4.50. The molecule has 2 nitrogen and oxygen atoms in total. The molecule has 0 bridgehead atoms. The largest absolute Gasteiger partial charge is 0.321 e. The summed E-state index contributed by atoms with van der Waals surface area (Å²) in [5.74, 6) is -0.236. The Hall–Kier alpha value is -1.03. The lowest BCUT2D eigenvalue weighted by atomic mass is 10.1. The molecule has 5 heteroatoms. The van der Waals surface area contributed by atoms with Crippen LogP contribution in [-0.2, 0) is 0 Å². The minimum atomic E-state index is -0.236. The molecule has 0 unspecified atom stereocenters. The maximum Gasteiger partial charge on any atom is 0.256 e. The minimum Gasteiger partial charge on any atom is -0.321 e. The standard InChI is InChI=1S/C14H10BrCl2NO/c1-8-5-6-10(15)9(7-8)14(19)18-12-4-2-3-11(16)13(12)17/h2-7H,1H3,(H,18,19). The van der Waals surface area contributed by atoms with Gasteiger partial charge in [-0.3, -0.25) is 4.79 Å². The molecule has 0 aliphatic carbocycles. The predicted molar refractivity (Wildman–Crippen MR) is 83.3 cm³/mol. The molecule has 0 fully saturated rings. The summed E-state index contributed by atoms with van der Waals surface area (Å²) >= 11 is 15.3. The van der Waals surface area contributed by atoms with Crippen LogP contribution in [-0.4, -0.2) is 5.91 Å². The van der Waals surface area contributed by atoms with Crippen LogP contribution in [0.2, 0.25) is 10.0 Å². The zero-order valence-electron chi connectivity index (χ0n) is 10.0. The summed E-state index contributed by atoms with van der Waals surface area (Å²) in [7, 11) is 0. The summed E-state index contributed by atoms with van der Waals surface area (Å²) in [6.07, 6.45) is 0. The Morgan fingerprint density at radius 1 is 1.21 bits per heavy atom. The number of carbonyl (C=O) groups is 1.